The van der Waals surface area contributed by atoms with Crippen LogP contribution in [0.2, 0.25) is 0 Å². The van der Waals surface area contributed by atoms with Gasteiger partial charge in [0.1, 0.15) is 6.26 Å². The van der Waals surface area contributed by atoms with E-state index in [9.17, 15) is 4.79 Å². The fourth-order valence-electron chi connectivity index (χ4n) is 2.70. The van der Waals surface area contributed by atoms with Gasteiger partial charge < -0.3 is 14.6 Å². The average molecular weight is 221 g/mol. The van der Waals surface area contributed by atoms with Crippen molar-refractivity contribution in [1.82, 2.24) is 15.2 Å². The lowest BCUT2D eigenvalue weighted by molar-refractivity contribution is 0.0622. The predicted molar refractivity (Wildman–Crippen MR) is 56.9 cm³/mol. The van der Waals surface area contributed by atoms with Crippen LogP contribution in [0.3, 0.4) is 0 Å². The van der Waals surface area contributed by atoms with Gasteiger partial charge in [-0.3, -0.25) is 4.79 Å². The monoisotopic (exact) mass is 221 g/mol. The first-order chi connectivity index (χ1) is 7.84. The maximum absolute atomic E-state index is 12.0. The first kappa shape index (κ1) is 9.84. The normalized spacial score (nSPS) is 29.1. The highest BCUT2D eigenvalue weighted by Gasteiger charge is 2.35. The summed E-state index contributed by atoms with van der Waals surface area (Å²) >= 11 is 0. The molecule has 0 saturated carbocycles. The summed E-state index contributed by atoms with van der Waals surface area (Å²) in [5, 5.41) is 3.48. The zero-order valence-corrected chi connectivity index (χ0v) is 9.06. The Morgan fingerprint density at radius 3 is 3.31 bits per heavy atom. The first-order valence-corrected chi connectivity index (χ1v) is 5.77. The van der Waals surface area contributed by atoms with Crippen LogP contribution in [-0.4, -0.2) is 41.5 Å². The van der Waals surface area contributed by atoms with E-state index in [0.29, 0.717) is 12.0 Å². The fraction of sp³-hybridized carbons (Fsp3) is 0.636. The van der Waals surface area contributed by atoms with Crippen LogP contribution < -0.4 is 5.32 Å². The Kier molecular flexibility index (Phi) is 2.40. The Morgan fingerprint density at radius 2 is 2.50 bits per heavy atom. The SMILES string of the molecule is O=C(c1ncco1)N1CCC2NCCC2C1. The van der Waals surface area contributed by atoms with E-state index in [0.717, 1.165) is 26.1 Å². The van der Waals surface area contributed by atoms with Crippen LogP contribution in [-0.2, 0) is 0 Å². The molecule has 5 nitrogen and oxygen atoms in total. The van der Waals surface area contributed by atoms with E-state index in [4.69, 9.17) is 4.42 Å². The quantitative estimate of drug-likeness (QED) is 0.750. The van der Waals surface area contributed by atoms with Crippen LogP contribution in [0.15, 0.2) is 16.9 Å². The highest BCUT2D eigenvalue weighted by atomic mass is 16.4. The Hall–Kier alpha value is -1.36. The molecule has 16 heavy (non-hydrogen) atoms. The molecule has 1 aromatic heterocycles. The number of carbonyl (C=O) groups is 1. The smallest absolute Gasteiger partial charge is 0.309 e. The summed E-state index contributed by atoms with van der Waals surface area (Å²) in [6.45, 7) is 2.71. The molecule has 3 rings (SSSR count). The first-order valence-electron chi connectivity index (χ1n) is 5.77. The summed E-state index contributed by atoms with van der Waals surface area (Å²) in [5.41, 5.74) is 0. The number of oxazole rings is 1. The van der Waals surface area contributed by atoms with E-state index in [2.05, 4.69) is 10.3 Å². The number of hydrogen-bond acceptors (Lipinski definition) is 4. The minimum absolute atomic E-state index is 0.0737. The maximum atomic E-state index is 12.0. The molecular weight excluding hydrogens is 206 g/mol. The topological polar surface area (TPSA) is 58.4 Å². The van der Waals surface area contributed by atoms with Gasteiger partial charge in [0.2, 0.25) is 0 Å². The van der Waals surface area contributed by atoms with Crippen LogP contribution in [0, 0.1) is 5.92 Å². The van der Waals surface area contributed by atoms with Crippen molar-refractivity contribution in [2.45, 2.75) is 18.9 Å². The Balaban J connectivity index is 1.70. The van der Waals surface area contributed by atoms with Crippen molar-refractivity contribution in [3.63, 3.8) is 0 Å². The van der Waals surface area contributed by atoms with E-state index in [1.54, 1.807) is 0 Å². The van der Waals surface area contributed by atoms with Gasteiger partial charge in [0, 0.05) is 19.1 Å². The zero-order chi connectivity index (χ0) is 11.0. The molecule has 1 amide bonds. The molecule has 1 aromatic rings. The van der Waals surface area contributed by atoms with Crippen molar-refractivity contribution in [3.8, 4) is 0 Å². The number of aromatic nitrogens is 1. The molecule has 2 unspecified atom stereocenters. The number of nitrogens with one attached hydrogen (secondary N) is 1. The second-order valence-electron chi connectivity index (χ2n) is 4.49. The number of nitrogens with zero attached hydrogens (tertiary/aromatic N) is 2. The molecule has 2 saturated heterocycles. The van der Waals surface area contributed by atoms with Crippen molar-refractivity contribution in [2.75, 3.05) is 19.6 Å². The van der Waals surface area contributed by atoms with Crippen LogP contribution >= 0.6 is 0 Å². The molecule has 0 spiro atoms. The van der Waals surface area contributed by atoms with Crippen molar-refractivity contribution < 1.29 is 9.21 Å². The van der Waals surface area contributed by atoms with Gasteiger partial charge >= 0.3 is 5.91 Å². The Bertz CT molecular complexity index is 377. The van der Waals surface area contributed by atoms with Gasteiger partial charge in [0.25, 0.3) is 5.89 Å². The highest BCUT2D eigenvalue weighted by Crippen LogP contribution is 2.25. The molecule has 3 heterocycles. The number of likely N-dealkylation sites (tertiary alicyclic amines) is 1. The van der Waals surface area contributed by atoms with Gasteiger partial charge in [0.05, 0.1) is 6.20 Å². The molecule has 2 atom stereocenters. The molecule has 5 heteroatoms. The van der Waals surface area contributed by atoms with Gasteiger partial charge in [-0.25, -0.2) is 4.98 Å². The summed E-state index contributed by atoms with van der Waals surface area (Å²) in [6, 6.07) is 0.605. The molecule has 0 bridgehead atoms. The van der Waals surface area contributed by atoms with Crippen LogP contribution in [0.25, 0.3) is 0 Å². The summed E-state index contributed by atoms with van der Waals surface area (Å²) < 4.78 is 5.04. The highest BCUT2D eigenvalue weighted by molar-refractivity contribution is 5.89. The lowest BCUT2D eigenvalue weighted by atomic mass is 9.93. The fourth-order valence-corrected chi connectivity index (χ4v) is 2.70. The van der Waals surface area contributed by atoms with Crippen LogP contribution in [0.5, 0.6) is 0 Å². The van der Waals surface area contributed by atoms with E-state index >= 15 is 0 Å². The molecule has 0 radical (unpaired) electrons. The Morgan fingerprint density at radius 1 is 1.56 bits per heavy atom. The second kappa shape index (κ2) is 3.90. The molecule has 2 aliphatic rings. The third-order valence-electron chi connectivity index (χ3n) is 3.56. The number of rotatable bonds is 1. The number of hydrogen-bond donors (Lipinski definition) is 1. The summed E-state index contributed by atoms with van der Waals surface area (Å²) in [4.78, 5) is 17.8. The third kappa shape index (κ3) is 1.61. The maximum Gasteiger partial charge on any atom is 0.309 e. The van der Waals surface area contributed by atoms with E-state index in [-0.39, 0.29) is 11.8 Å². The molecule has 2 fully saturated rings. The van der Waals surface area contributed by atoms with Gasteiger partial charge in [0.15, 0.2) is 0 Å². The van der Waals surface area contributed by atoms with Gasteiger partial charge in [-0.05, 0) is 25.3 Å². The summed E-state index contributed by atoms with van der Waals surface area (Å²) in [5.74, 6) is 0.743. The minimum Gasteiger partial charge on any atom is -0.441 e. The molecular formula is C11H15N3O2. The average Bonchev–Trinajstić information content (AvgIpc) is 2.98. The van der Waals surface area contributed by atoms with Crippen molar-refractivity contribution >= 4 is 5.91 Å². The summed E-state index contributed by atoms with van der Waals surface area (Å²) in [7, 11) is 0. The minimum atomic E-state index is -0.0737. The number of carbonyl (C=O) groups excluding carboxylic acids is 1. The van der Waals surface area contributed by atoms with Crippen LogP contribution in [0.1, 0.15) is 23.5 Å². The molecule has 2 aliphatic heterocycles. The number of fused-ring (bicyclic) bond motifs is 1. The Labute approximate surface area is 93.8 Å². The van der Waals surface area contributed by atoms with Crippen LogP contribution in [0.4, 0.5) is 0 Å². The van der Waals surface area contributed by atoms with Crippen molar-refractivity contribution in [2.24, 2.45) is 5.92 Å². The molecule has 1 N–H and O–H groups in total. The lowest BCUT2D eigenvalue weighted by Gasteiger charge is -2.34. The molecule has 0 aliphatic carbocycles. The summed E-state index contributed by atoms with van der Waals surface area (Å²) in [6.07, 6.45) is 5.16. The van der Waals surface area contributed by atoms with E-state index in [1.165, 1.54) is 18.9 Å². The predicted octanol–water partition coefficient (Wildman–Crippen LogP) is 0.499. The zero-order valence-electron chi connectivity index (χ0n) is 9.06. The number of amides is 1. The second-order valence-corrected chi connectivity index (χ2v) is 4.49. The lowest BCUT2D eigenvalue weighted by Crippen LogP contribution is -2.46. The van der Waals surface area contributed by atoms with Gasteiger partial charge in [-0.2, -0.15) is 0 Å². The molecule has 0 aromatic carbocycles. The van der Waals surface area contributed by atoms with Crippen molar-refractivity contribution in [1.29, 1.82) is 0 Å². The van der Waals surface area contributed by atoms with Gasteiger partial charge in [-0.15, -0.1) is 0 Å². The van der Waals surface area contributed by atoms with Crippen molar-refractivity contribution in [3.05, 3.63) is 18.4 Å². The molecule has 86 valence electrons. The van der Waals surface area contributed by atoms with E-state index < -0.39 is 0 Å². The largest absolute Gasteiger partial charge is 0.441 e. The van der Waals surface area contributed by atoms with E-state index in [1.807, 2.05) is 4.90 Å². The number of piperidine rings is 1. The third-order valence-corrected chi connectivity index (χ3v) is 3.56. The standard InChI is InChI=1S/C11H15N3O2/c15-11(10-13-4-6-16-10)14-5-2-9-8(7-14)1-3-12-9/h4,6,8-9,12H,1-3,5,7H2. The van der Waals surface area contributed by atoms with Gasteiger partial charge in [-0.1, -0.05) is 0 Å².